The Hall–Kier alpha value is -3.10. The third-order valence-corrected chi connectivity index (χ3v) is 7.53. The van der Waals surface area contributed by atoms with Crippen LogP contribution in [0.15, 0.2) is 89.2 Å². The molecule has 2 aromatic carbocycles. The molecule has 1 unspecified atom stereocenters. The number of benzene rings is 2. The first-order valence-electron chi connectivity index (χ1n) is 10.2. The van der Waals surface area contributed by atoms with Crippen LogP contribution in [0, 0.1) is 0 Å². The Morgan fingerprint density at radius 2 is 1.78 bits per heavy atom. The molecule has 1 atom stereocenters. The summed E-state index contributed by atoms with van der Waals surface area (Å²) in [6.07, 6.45) is 3.46. The van der Waals surface area contributed by atoms with Crippen molar-refractivity contribution < 1.29 is 4.79 Å². The van der Waals surface area contributed by atoms with Crippen LogP contribution >= 0.6 is 23.5 Å². The molecule has 0 spiro atoms. The van der Waals surface area contributed by atoms with Crippen molar-refractivity contribution >= 4 is 35.1 Å². The number of anilines is 1. The number of rotatable bonds is 5. The highest BCUT2D eigenvalue weighted by atomic mass is 32.2. The molecule has 4 aromatic rings. The van der Waals surface area contributed by atoms with E-state index in [0.717, 1.165) is 33.3 Å². The van der Waals surface area contributed by atoms with Crippen LogP contribution in [0.4, 0.5) is 5.69 Å². The maximum Gasteiger partial charge on any atom is 0.238 e. The van der Waals surface area contributed by atoms with Crippen molar-refractivity contribution in [3.8, 4) is 11.4 Å². The number of pyridine rings is 1. The summed E-state index contributed by atoms with van der Waals surface area (Å²) in [5.74, 6) is 1.92. The summed E-state index contributed by atoms with van der Waals surface area (Å²) < 4.78 is 1.92. The molecular weight excluding hydrogens is 438 g/mol. The van der Waals surface area contributed by atoms with Gasteiger partial charge < -0.3 is 9.47 Å². The molecule has 6 nitrogen and oxygen atoms in total. The molecule has 2 aromatic heterocycles. The van der Waals surface area contributed by atoms with Gasteiger partial charge in [0.1, 0.15) is 0 Å². The summed E-state index contributed by atoms with van der Waals surface area (Å²) in [7, 11) is 1.92. The van der Waals surface area contributed by atoms with Crippen molar-refractivity contribution in [3.63, 3.8) is 0 Å². The van der Waals surface area contributed by atoms with Crippen molar-refractivity contribution in [1.82, 2.24) is 19.7 Å². The average molecular weight is 460 g/mol. The zero-order chi connectivity index (χ0) is 21.9. The Bertz CT molecular complexity index is 1230. The molecule has 1 amide bonds. The van der Waals surface area contributed by atoms with Gasteiger partial charge in [-0.05, 0) is 29.8 Å². The van der Waals surface area contributed by atoms with E-state index >= 15 is 0 Å². The lowest BCUT2D eigenvalue weighted by molar-refractivity contribution is -0.116. The van der Waals surface area contributed by atoms with E-state index in [4.69, 9.17) is 0 Å². The number of hydrogen-bond acceptors (Lipinski definition) is 6. The molecule has 0 aliphatic carbocycles. The van der Waals surface area contributed by atoms with E-state index in [-0.39, 0.29) is 17.7 Å². The van der Waals surface area contributed by atoms with E-state index in [2.05, 4.69) is 33.4 Å². The maximum absolute atomic E-state index is 13.5. The zero-order valence-corrected chi connectivity index (χ0v) is 19.1. The summed E-state index contributed by atoms with van der Waals surface area (Å²) in [6.45, 7) is 0. The number of hydrogen-bond donors (Lipinski definition) is 0. The lowest BCUT2D eigenvalue weighted by Crippen LogP contribution is -2.39. The topological polar surface area (TPSA) is 63.9 Å². The van der Waals surface area contributed by atoms with Gasteiger partial charge in [-0.15, -0.1) is 22.0 Å². The molecule has 0 N–H and O–H groups in total. The highest BCUT2D eigenvalue weighted by Crippen LogP contribution is 2.43. The normalized spacial score (nSPS) is 15.4. The molecule has 0 saturated heterocycles. The molecule has 8 heteroatoms. The van der Waals surface area contributed by atoms with Gasteiger partial charge in [0.15, 0.2) is 11.0 Å². The van der Waals surface area contributed by atoms with E-state index in [1.807, 2.05) is 65.0 Å². The average Bonchev–Trinajstić information content (AvgIpc) is 3.23. The molecule has 160 valence electrons. The van der Waals surface area contributed by atoms with E-state index in [9.17, 15) is 4.79 Å². The lowest BCUT2D eigenvalue weighted by atomic mass is 10.1. The molecule has 1 aliphatic heterocycles. The number of para-hydroxylation sites is 1. The van der Waals surface area contributed by atoms with Gasteiger partial charge in [0.05, 0.1) is 17.5 Å². The molecule has 0 fully saturated rings. The van der Waals surface area contributed by atoms with Crippen molar-refractivity contribution in [1.29, 1.82) is 0 Å². The number of aromatic nitrogens is 4. The van der Waals surface area contributed by atoms with E-state index in [1.165, 1.54) is 11.8 Å². The lowest BCUT2D eigenvalue weighted by Gasteiger charge is -2.37. The monoisotopic (exact) mass is 459 g/mol. The van der Waals surface area contributed by atoms with E-state index in [0.29, 0.717) is 5.16 Å². The predicted octanol–water partition coefficient (Wildman–Crippen LogP) is 4.85. The summed E-state index contributed by atoms with van der Waals surface area (Å²) >= 11 is 3.21. The van der Waals surface area contributed by atoms with Crippen LogP contribution in [-0.4, -0.2) is 37.2 Å². The van der Waals surface area contributed by atoms with Gasteiger partial charge in [-0.3, -0.25) is 9.78 Å². The van der Waals surface area contributed by atoms with Crippen molar-refractivity contribution in [2.24, 2.45) is 7.05 Å². The standard InChI is InChI=1S/C24H21N5OS2/c1-28-23(18-11-13-25-14-12-18)26-27-24(28)32-16-22(30)29-19-9-5-6-10-21(19)31-15-20(29)17-7-3-2-4-8-17/h2-14,20H,15-16H2,1H3. The molecule has 32 heavy (non-hydrogen) atoms. The number of amides is 1. The Balaban J connectivity index is 1.39. The quantitative estimate of drug-likeness (QED) is 0.398. The van der Waals surface area contributed by atoms with Crippen LogP contribution in [0.5, 0.6) is 0 Å². The smallest absolute Gasteiger partial charge is 0.238 e. The molecule has 3 heterocycles. The fraction of sp³-hybridized carbons (Fsp3) is 0.167. The molecule has 5 rings (SSSR count). The summed E-state index contributed by atoms with van der Waals surface area (Å²) in [4.78, 5) is 20.7. The molecular formula is C24H21N5OS2. The number of fused-ring (bicyclic) bond motifs is 1. The second-order valence-electron chi connectivity index (χ2n) is 7.36. The molecule has 0 radical (unpaired) electrons. The zero-order valence-electron chi connectivity index (χ0n) is 17.5. The third kappa shape index (κ3) is 4.03. The van der Waals surface area contributed by atoms with Crippen LogP contribution in [0.3, 0.4) is 0 Å². The Kier molecular flexibility index (Phi) is 5.96. The van der Waals surface area contributed by atoms with Crippen LogP contribution in [-0.2, 0) is 11.8 Å². The Labute approximate surface area is 195 Å². The molecule has 0 bridgehead atoms. The minimum Gasteiger partial charge on any atom is -0.305 e. The highest BCUT2D eigenvalue weighted by molar-refractivity contribution is 8.00. The van der Waals surface area contributed by atoms with E-state index < -0.39 is 0 Å². The second-order valence-corrected chi connectivity index (χ2v) is 9.36. The first kappa shape index (κ1) is 20.8. The maximum atomic E-state index is 13.5. The summed E-state index contributed by atoms with van der Waals surface area (Å²) in [5, 5.41) is 9.33. The van der Waals surface area contributed by atoms with Crippen LogP contribution in [0.1, 0.15) is 11.6 Å². The largest absolute Gasteiger partial charge is 0.305 e. The summed E-state index contributed by atoms with van der Waals surface area (Å²) in [6, 6.07) is 22.2. The first-order valence-corrected chi connectivity index (χ1v) is 12.2. The Morgan fingerprint density at radius 3 is 2.59 bits per heavy atom. The first-order chi connectivity index (χ1) is 15.7. The van der Waals surface area contributed by atoms with Gasteiger partial charge in [-0.1, -0.05) is 54.2 Å². The van der Waals surface area contributed by atoms with Crippen LogP contribution < -0.4 is 4.90 Å². The predicted molar refractivity (Wildman–Crippen MR) is 129 cm³/mol. The molecule has 0 saturated carbocycles. The van der Waals surface area contributed by atoms with Gasteiger partial charge >= 0.3 is 0 Å². The highest BCUT2D eigenvalue weighted by Gasteiger charge is 2.32. The van der Waals surface area contributed by atoms with Crippen molar-refractivity contribution in [2.75, 3.05) is 16.4 Å². The SMILES string of the molecule is Cn1c(SCC(=O)N2c3ccccc3SCC2c2ccccc2)nnc1-c1ccncc1. The summed E-state index contributed by atoms with van der Waals surface area (Å²) in [5.41, 5.74) is 3.06. The van der Waals surface area contributed by atoms with Crippen molar-refractivity contribution in [2.45, 2.75) is 16.1 Å². The fourth-order valence-electron chi connectivity index (χ4n) is 3.81. The third-order valence-electron chi connectivity index (χ3n) is 5.38. The minimum atomic E-state index is -0.00363. The van der Waals surface area contributed by atoms with Crippen LogP contribution in [0.25, 0.3) is 11.4 Å². The van der Waals surface area contributed by atoms with Gasteiger partial charge in [0, 0.05) is 35.7 Å². The van der Waals surface area contributed by atoms with Crippen LogP contribution in [0.2, 0.25) is 0 Å². The van der Waals surface area contributed by atoms with E-state index in [1.54, 1.807) is 24.2 Å². The number of nitrogens with zero attached hydrogens (tertiary/aromatic N) is 5. The van der Waals surface area contributed by atoms with Gasteiger partial charge in [-0.2, -0.15) is 0 Å². The van der Waals surface area contributed by atoms with Gasteiger partial charge in [0.2, 0.25) is 5.91 Å². The minimum absolute atomic E-state index is 0.00363. The Morgan fingerprint density at radius 1 is 1.03 bits per heavy atom. The van der Waals surface area contributed by atoms with Crippen molar-refractivity contribution in [3.05, 3.63) is 84.7 Å². The van der Waals surface area contributed by atoms with Gasteiger partial charge in [0.25, 0.3) is 0 Å². The number of carbonyl (C=O) groups excluding carboxylic acids is 1. The fourth-order valence-corrected chi connectivity index (χ4v) is 5.75. The van der Waals surface area contributed by atoms with Gasteiger partial charge in [-0.25, -0.2) is 0 Å². The number of thioether (sulfide) groups is 2. The molecule has 1 aliphatic rings. The second kappa shape index (κ2) is 9.18. The number of carbonyl (C=O) groups is 1.